The van der Waals surface area contributed by atoms with Crippen molar-refractivity contribution in [2.45, 2.75) is 32.4 Å². The first-order valence-electron chi connectivity index (χ1n) is 8.91. The van der Waals surface area contributed by atoms with Crippen LogP contribution in [0.3, 0.4) is 0 Å². The molecule has 3 rings (SSSR count). The molecule has 8 N–H and O–H groups in total. The molecule has 10 heteroatoms. The molecule has 2 aromatic rings. The predicted molar refractivity (Wildman–Crippen MR) is 112 cm³/mol. The molecule has 0 spiro atoms. The van der Waals surface area contributed by atoms with Crippen LogP contribution in [0, 0.1) is 13.8 Å². The van der Waals surface area contributed by atoms with Gasteiger partial charge in [0.05, 0.1) is 29.4 Å². The van der Waals surface area contributed by atoms with Crippen LogP contribution in [0.15, 0.2) is 24.4 Å². The van der Waals surface area contributed by atoms with E-state index in [4.69, 9.17) is 11.5 Å². The largest absolute Gasteiger partial charge is 0.378 e. The fourth-order valence-corrected chi connectivity index (χ4v) is 4.98. The normalized spacial score (nSPS) is 22.3. The van der Waals surface area contributed by atoms with Crippen LogP contribution in [0.4, 0.5) is 17.2 Å². The zero-order chi connectivity index (χ0) is 20.5. The zero-order valence-electron chi connectivity index (χ0n) is 15.8. The van der Waals surface area contributed by atoms with Gasteiger partial charge in [-0.1, -0.05) is 0 Å². The highest BCUT2D eigenvalue weighted by molar-refractivity contribution is 8.24. The highest BCUT2D eigenvalue weighted by Gasteiger charge is 2.31. The number of nitrogens with one attached hydrogen (secondary N) is 2. The Morgan fingerprint density at radius 2 is 2.04 bits per heavy atom. The molecule has 28 heavy (non-hydrogen) atoms. The van der Waals surface area contributed by atoms with Gasteiger partial charge in [-0.25, -0.2) is 9.97 Å². The predicted octanol–water partition coefficient (Wildman–Crippen LogP) is 2.20. The minimum absolute atomic E-state index is 0.0868. The van der Waals surface area contributed by atoms with Gasteiger partial charge in [-0.15, -0.1) is 0 Å². The molecule has 1 saturated heterocycles. The molecule has 3 heterocycles. The third-order valence-corrected chi connectivity index (χ3v) is 6.36. The standard InChI is InChI=1S/C18H26N6O3S/c1-10-5-11(2)22-16(6-10)24-14-7-12(8-21-17(14)18(20)25)23-15-9-28(26,27)4-3-13(15)19/h5-8,13,15,23,26-27H,3-4,9,19H2,1-2H3,(H2,20,25)(H,22,24)/t13-,15-/m0/s1. The Morgan fingerprint density at radius 1 is 1.29 bits per heavy atom. The lowest BCUT2D eigenvalue weighted by Crippen LogP contribution is -2.48. The molecule has 1 aliphatic rings. The van der Waals surface area contributed by atoms with Crippen LogP contribution in [-0.2, 0) is 0 Å². The van der Waals surface area contributed by atoms with Gasteiger partial charge in [0, 0.05) is 17.5 Å². The number of rotatable bonds is 5. The Morgan fingerprint density at radius 3 is 2.71 bits per heavy atom. The number of hydrogen-bond acceptors (Lipinski definition) is 8. The van der Waals surface area contributed by atoms with E-state index in [0.717, 1.165) is 11.3 Å². The van der Waals surface area contributed by atoms with E-state index in [2.05, 4.69) is 20.6 Å². The van der Waals surface area contributed by atoms with E-state index in [9.17, 15) is 13.9 Å². The second kappa shape index (κ2) is 7.92. The number of nitrogens with two attached hydrogens (primary N) is 2. The average Bonchev–Trinajstić information content (AvgIpc) is 2.57. The van der Waals surface area contributed by atoms with E-state index in [1.807, 2.05) is 26.0 Å². The second-order valence-corrected chi connectivity index (χ2v) is 9.50. The molecule has 2 aromatic heterocycles. The van der Waals surface area contributed by atoms with Gasteiger partial charge < -0.3 is 22.1 Å². The number of anilines is 3. The minimum atomic E-state index is -2.64. The Hall–Kier alpha value is -2.40. The fourth-order valence-electron chi connectivity index (χ4n) is 3.26. The molecule has 1 aliphatic heterocycles. The SMILES string of the molecule is Cc1cc(C)nc(Nc2cc(N[C@H]3CS(O)(O)CC[C@@H]3N)cnc2C(N)=O)c1. The number of primary amides is 1. The number of pyridine rings is 2. The maximum atomic E-state index is 11.8. The number of nitrogens with zero attached hydrogens (tertiary/aromatic N) is 2. The van der Waals surface area contributed by atoms with Gasteiger partial charge in [-0.2, -0.15) is 10.6 Å². The van der Waals surface area contributed by atoms with Crippen LogP contribution in [0.1, 0.15) is 28.2 Å². The topological polar surface area (TPSA) is 159 Å². The Labute approximate surface area is 165 Å². The number of aromatic nitrogens is 2. The minimum Gasteiger partial charge on any atom is -0.378 e. The van der Waals surface area contributed by atoms with E-state index in [1.165, 1.54) is 6.20 Å². The number of aryl methyl sites for hydroxylation is 2. The monoisotopic (exact) mass is 406 g/mol. The zero-order valence-corrected chi connectivity index (χ0v) is 16.7. The van der Waals surface area contributed by atoms with Crippen molar-refractivity contribution in [2.75, 3.05) is 22.1 Å². The molecule has 0 radical (unpaired) electrons. The quantitative estimate of drug-likeness (QED) is 0.441. The van der Waals surface area contributed by atoms with E-state index in [-0.39, 0.29) is 23.5 Å². The fraction of sp³-hybridized carbons (Fsp3) is 0.389. The molecular formula is C18H26N6O3S. The summed E-state index contributed by atoms with van der Waals surface area (Å²) < 4.78 is 20.0. The van der Waals surface area contributed by atoms with Crippen molar-refractivity contribution in [1.29, 1.82) is 0 Å². The van der Waals surface area contributed by atoms with E-state index in [0.29, 0.717) is 29.4 Å². The van der Waals surface area contributed by atoms with Crippen molar-refractivity contribution in [3.8, 4) is 0 Å². The summed E-state index contributed by atoms with van der Waals surface area (Å²) in [6, 6.07) is 4.96. The number of carbonyl (C=O) groups excluding carboxylic acids is 1. The molecule has 1 amide bonds. The molecule has 2 atom stereocenters. The van der Waals surface area contributed by atoms with Crippen LogP contribution < -0.4 is 22.1 Å². The first kappa shape index (κ1) is 20.3. The highest BCUT2D eigenvalue weighted by Crippen LogP contribution is 2.44. The van der Waals surface area contributed by atoms with Gasteiger partial charge in [-0.3, -0.25) is 13.9 Å². The van der Waals surface area contributed by atoms with E-state index >= 15 is 0 Å². The molecule has 0 saturated carbocycles. The lowest BCUT2D eigenvalue weighted by molar-refractivity contribution is 0.0996. The van der Waals surface area contributed by atoms with Crippen molar-refractivity contribution in [3.05, 3.63) is 41.3 Å². The molecule has 0 unspecified atom stereocenters. The summed E-state index contributed by atoms with van der Waals surface area (Å²) in [7, 11) is -2.64. The maximum absolute atomic E-state index is 11.8. The van der Waals surface area contributed by atoms with Gasteiger partial charge in [0.25, 0.3) is 5.91 Å². The lowest BCUT2D eigenvalue weighted by Gasteiger charge is -2.43. The molecule has 0 aliphatic carbocycles. The van der Waals surface area contributed by atoms with E-state index in [1.54, 1.807) is 6.07 Å². The number of hydrogen-bond donors (Lipinski definition) is 6. The average molecular weight is 407 g/mol. The van der Waals surface area contributed by atoms with Crippen molar-refractivity contribution in [2.24, 2.45) is 11.5 Å². The van der Waals surface area contributed by atoms with Crippen LogP contribution in [0.2, 0.25) is 0 Å². The smallest absolute Gasteiger partial charge is 0.269 e. The second-order valence-electron chi connectivity index (χ2n) is 7.16. The molecule has 0 aromatic carbocycles. The van der Waals surface area contributed by atoms with Gasteiger partial charge in [0.2, 0.25) is 0 Å². The van der Waals surface area contributed by atoms with Gasteiger partial charge >= 0.3 is 0 Å². The first-order valence-corrected chi connectivity index (χ1v) is 10.8. The molecule has 9 nitrogen and oxygen atoms in total. The summed E-state index contributed by atoms with van der Waals surface area (Å²) in [5.74, 6) is 0.397. The van der Waals surface area contributed by atoms with E-state index < -0.39 is 16.5 Å². The Kier molecular flexibility index (Phi) is 5.75. The van der Waals surface area contributed by atoms with Crippen LogP contribution >= 0.6 is 10.6 Å². The van der Waals surface area contributed by atoms with Gasteiger partial charge in [0.15, 0.2) is 5.69 Å². The highest BCUT2D eigenvalue weighted by atomic mass is 32.3. The first-order chi connectivity index (χ1) is 13.1. The summed E-state index contributed by atoms with van der Waals surface area (Å²) in [6.07, 6.45) is 2.00. The third-order valence-electron chi connectivity index (χ3n) is 4.58. The summed E-state index contributed by atoms with van der Waals surface area (Å²) in [5.41, 5.74) is 14.5. The third kappa shape index (κ3) is 4.90. The van der Waals surface area contributed by atoms with Crippen molar-refractivity contribution >= 4 is 33.7 Å². The number of amides is 1. The van der Waals surface area contributed by atoms with Gasteiger partial charge in [0.1, 0.15) is 5.82 Å². The summed E-state index contributed by atoms with van der Waals surface area (Å²) in [4.78, 5) is 20.4. The molecular weight excluding hydrogens is 380 g/mol. The number of carbonyl (C=O) groups is 1. The Balaban J connectivity index is 1.88. The van der Waals surface area contributed by atoms with Crippen LogP contribution in [0.25, 0.3) is 0 Å². The molecule has 1 fully saturated rings. The summed E-state index contributed by atoms with van der Waals surface area (Å²) in [5, 5.41) is 6.30. The van der Waals surface area contributed by atoms with Crippen LogP contribution in [-0.4, -0.2) is 48.6 Å². The summed E-state index contributed by atoms with van der Waals surface area (Å²) >= 11 is 0. The van der Waals surface area contributed by atoms with Crippen LogP contribution in [0.5, 0.6) is 0 Å². The van der Waals surface area contributed by atoms with Gasteiger partial charge in [-0.05, 0) is 44.0 Å². The van der Waals surface area contributed by atoms with Crippen molar-refractivity contribution in [3.63, 3.8) is 0 Å². The van der Waals surface area contributed by atoms with Crippen molar-refractivity contribution in [1.82, 2.24) is 9.97 Å². The summed E-state index contributed by atoms with van der Waals surface area (Å²) in [6.45, 7) is 3.83. The maximum Gasteiger partial charge on any atom is 0.269 e. The molecule has 152 valence electrons. The lowest BCUT2D eigenvalue weighted by atomic mass is 10.1. The molecule has 0 bridgehead atoms. The Bertz CT molecular complexity index is 871. The van der Waals surface area contributed by atoms with Crippen molar-refractivity contribution < 1.29 is 13.9 Å².